The number of nitrogens with one attached hydrogen (secondary N) is 2. The lowest BCUT2D eigenvalue weighted by molar-refractivity contribution is -0.152. The van der Waals surface area contributed by atoms with Gasteiger partial charge in [-0.15, -0.1) is 0 Å². The number of carbonyl (C=O) groups excluding carboxylic acids is 3. The normalized spacial score (nSPS) is 11.5. The van der Waals surface area contributed by atoms with Gasteiger partial charge in [-0.25, -0.2) is 0 Å². The summed E-state index contributed by atoms with van der Waals surface area (Å²) < 4.78 is 34.2. The molecule has 2 aromatic rings. The van der Waals surface area contributed by atoms with Crippen LogP contribution in [0.2, 0.25) is 0 Å². The molecule has 30 heavy (non-hydrogen) atoms. The summed E-state index contributed by atoms with van der Waals surface area (Å²) in [5.74, 6) is -2.24. The molecule has 2 aromatic carbocycles. The van der Waals surface area contributed by atoms with Crippen molar-refractivity contribution in [1.82, 2.24) is 5.32 Å². The summed E-state index contributed by atoms with van der Waals surface area (Å²) in [6, 6.07) is 10.8. The second kappa shape index (κ2) is 10.3. The molecule has 0 aliphatic rings. The fourth-order valence-electron chi connectivity index (χ4n) is 2.43. The zero-order valence-corrected chi connectivity index (χ0v) is 16.7. The minimum atomic E-state index is -3.06. The number of anilines is 1. The maximum absolute atomic E-state index is 12.4. The number of aryl methyl sites for hydroxylation is 2. The van der Waals surface area contributed by atoms with Gasteiger partial charge < -0.3 is 20.1 Å². The molecular formula is C21H22F2N2O5. The van der Waals surface area contributed by atoms with E-state index < -0.39 is 37.0 Å². The molecule has 9 heteroatoms. The van der Waals surface area contributed by atoms with Crippen LogP contribution in [-0.2, 0) is 14.3 Å². The van der Waals surface area contributed by atoms with Gasteiger partial charge in [-0.3, -0.25) is 14.4 Å². The van der Waals surface area contributed by atoms with Crippen molar-refractivity contribution in [3.63, 3.8) is 0 Å². The fraction of sp³-hybridized carbons (Fsp3) is 0.286. The number of halogens is 2. The molecule has 0 aromatic heterocycles. The number of rotatable bonds is 8. The van der Waals surface area contributed by atoms with Crippen molar-refractivity contribution in [2.75, 3.05) is 11.9 Å². The first-order chi connectivity index (χ1) is 14.2. The van der Waals surface area contributed by atoms with Gasteiger partial charge in [0.05, 0.1) is 5.69 Å². The van der Waals surface area contributed by atoms with E-state index >= 15 is 0 Å². The molecule has 2 rings (SSSR count). The van der Waals surface area contributed by atoms with Gasteiger partial charge in [0.1, 0.15) is 12.3 Å². The Kier molecular flexibility index (Phi) is 7.85. The Morgan fingerprint density at radius 2 is 1.73 bits per heavy atom. The summed E-state index contributed by atoms with van der Waals surface area (Å²) >= 11 is 0. The van der Waals surface area contributed by atoms with Gasteiger partial charge in [-0.2, -0.15) is 8.78 Å². The molecule has 160 valence electrons. The Morgan fingerprint density at radius 3 is 2.40 bits per heavy atom. The molecule has 0 spiro atoms. The third-order valence-corrected chi connectivity index (χ3v) is 4.20. The lowest BCUT2D eigenvalue weighted by Gasteiger charge is -2.16. The molecule has 2 N–H and O–H groups in total. The Labute approximate surface area is 172 Å². The van der Waals surface area contributed by atoms with Crippen molar-refractivity contribution >= 4 is 23.5 Å². The van der Waals surface area contributed by atoms with E-state index in [1.807, 2.05) is 13.8 Å². The average Bonchev–Trinajstić information content (AvgIpc) is 2.69. The van der Waals surface area contributed by atoms with E-state index in [0.717, 1.165) is 11.1 Å². The molecule has 7 nitrogen and oxygen atoms in total. The van der Waals surface area contributed by atoms with Crippen LogP contribution in [0, 0.1) is 13.8 Å². The first kappa shape index (κ1) is 22.8. The molecule has 1 unspecified atom stereocenters. The third kappa shape index (κ3) is 6.54. The van der Waals surface area contributed by atoms with Crippen LogP contribution in [-0.4, -0.2) is 37.0 Å². The maximum atomic E-state index is 12.4. The molecule has 0 saturated heterocycles. The third-order valence-electron chi connectivity index (χ3n) is 4.20. The predicted octanol–water partition coefficient (Wildman–Crippen LogP) is 3.21. The Hall–Kier alpha value is -3.49. The first-order valence-electron chi connectivity index (χ1n) is 9.07. The topological polar surface area (TPSA) is 93.7 Å². The maximum Gasteiger partial charge on any atom is 0.387 e. The molecule has 1 atom stereocenters. The van der Waals surface area contributed by atoms with E-state index in [4.69, 9.17) is 4.74 Å². The standard InChI is InChI=1S/C21H22F2N2O5/c1-12-8-9-15(10-13(12)2)20(28)24-11-18(26)29-14(3)19(27)25-16-6-4-5-7-17(16)30-21(22)23/h4-10,14,21H,11H2,1-3H3,(H,24,28)(H,25,27). The molecule has 2 amide bonds. The van der Waals surface area contributed by atoms with E-state index in [1.54, 1.807) is 18.2 Å². The summed E-state index contributed by atoms with van der Waals surface area (Å²) in [5, 5.41) is 4.78. The Morgan fingerprint density at radius 1 is 1.03 bits per heavy atom. The Balaban J connectivity index is 1.87. The first-order valence-corrected chi connectivity index (χ1v) is 9.07. The number of carbonyl (C=O) groups is 3. The van der Waals surface area contributed by atoms with Crippen molar-refractivity contribution in [3.8, 4) is 5.75 Å². The second-order valence-electron chi connectivity index (χ2n) is 6.48. The van der Waals surface area contributed by atoms with Gasteiger partial charge in [0.15, 0.2) is 6.10 Å². The highest BCUT2D eigenvalue weighted by Crippen LogP contribution is 2.25. The summed E-state index contributed by atoms with van der Waals surface area (Å²) in [5.41, 5.74) is 2.37. The van der Waals surface area contributed by atoms with Crippen molar-refractivity contribution in [1.29, 1.82) is 0 Å². The SMILES string of the molecule is Cc1ccc(C(=O)NCC(=O)OC(C)C(=O)Nc2ccccc2OC(F)F)cc1C. The smallest absolute Gasteiger partial charge is 0.387 e. The van der Waals surface area contributed by atoms with Crippen LogP contribution in [0.5, 0.6) is 5.75 Å². The van der Waals surface area contributed by atoms with Crippen LogP contribution in [0.4, 0.5) is 14.5 Å². The summed E-state index contributed by atoms with van der Waals surface area (Å²) in [6.45, 7) is 1.60. The number of alkyl halides is 2. The highest BCUT2D eigenvalue weighted by atomic mass is 19.3. The molecular weight excluding hydrogens is 398 g/mol. The van der Waals surface area contributed by atoms with Gasteiger partial charge in [0.2, 0.25) is 0 Å². The lowest BCUT2D eigenvalue weighted by Crippen LogP contribution is -2.36. The van der Waals surface area contributed by atoms with Crippen LogP contribution in [0.25, 0.3) is 0 Å². The lowest BCUT2D eigenvalue weighted by atomic mass is 10.1. The van der Waals surface area contributed by atoms with Crippen molar-refractivity contribution < 1.29 is 32.6 Å². The van der Waals surface area contributed by atoms with Crippen LogP contribution in [0.15, 0.2) is 42.5 Å². The highest BCUT2D eigenvalue weighted by molar-refractivity contribution is 5.98. The van der Waals surface area contributed by atoms with Gasteiger partial charge in [0, 0.05) is 5.56 Å². The molecule has 0 saturated carbocycles. The molecule has 0 bridgehead atoms. The predicted molar refractivity (Wildman–Crippen MR) is 106 cm³/mol. The van der Waals surface area contributed by atoms with E-state index in [9.17, 15) is 23.2 Å². The van der Waals surface area contributed by atoms with Crippen LogP contribution in [0.1, 0.15) is 28.4 Å². The van der Waals surface area contributed by atoms with Gasteiger partial charge in [-0.05, 0) is 56.2 Å². The van der Waals surface area contributed by atoms with Gasteiger partial charge in [-0.1, -0.05) is 18.2 Å². The number of para-hydroxylation sites is 2. The van der Waals surface area contributed by atoms with E-state index in [0.29, 0.717) is 5.56 Å². The average molecular weight is 420 g/mol. The van der Waals surface area contributed by atoms with E-state index in [1.165, 1.54) is 31.2 Å². The molecule has 0 radical (unpaired) electrons. The fourth-order valence-corrected chi connectivity index (χ4v) is 2.43. The van der Waals surface area contributed by atoms with Crippen molar-refractivity contribution in [2.24, 2.45) is 0 Å². The summed E-state index contributed by atoms with van der Waals surface area (Å²) in [6.07, 6.45) is -1.23. The molecule has 0 fully saturated rings. The molecule has 0 aliphatic heterocycles. The van der Waals surface area contributed by atoms with Crippen LogP contribution < -0.4 is 15.4 Å². The summed E-state index contributed by atoms with van der Waals surface area (Å²) in [7, 11) is 0. The Bertz CT molecular complexity index is 933. The van der Waals surface area contributed by atoms with Crippen molar-refractivity contribution in [3.05, 3.63) is 59.2 Å². The quantitative estimate of drug-likeness (QED) is 0.640. The monoisotopic (exact) mass is 420 g/mol. The van der Waals surface area contributed by atoms with Gasteiger partial charge >= 0.3 is 12.6 Å². The minimum Gasteiger partial charge on any atom is -0.451 e. The number of hydrogen-bond acceptors (Lipinski definition) is 5. The zero-order chi connectivity index (χ0) is 22.3. The van der Waals surface area contributed by atoms with Crippen LogP contribution >= 0.6 is 0 Å². The number of benzene rings is 2. The van der Waals surface area contributed by atoms with Crippen molar-refractivity contribution in [2.45, 2.75) is 33.5 Å². The largest absolute Gasteiger partial charge is 0.451 e. The zero-order valence-electron chi connectivity index (χ0n) is 16.7. The number of ether oxygens (including phenoxy) is 2. The number of hydrogen-bond donors (Lipinski definition) is 2. The van der Waals surface area contributed by atoms with E-state index in [2.05, 4.69) is 15.4 Å². The van der Waals surface area contributed by atoms with Crippen LogP contribution in [0.3, 0.4) is 0 Å². The highest BCUT2D eigenvalue weighted by Gasteiger charge is 2.20. The number of esters is 1. The van der Waals surface area contributed by atoms with E-state index in [-0.39, 0.29) is 11.4 Å². The minimum absolute atomic E-state index is 0.00810. The molecule has 0 heterocycles. The number of amides is 2. The second-order valence-corrected chi connectivity index (χ2v) is 6.48. The molecule has 0 aliphatic carbocycles. The summed E-state index contributed by atoms with van der Waals surface area (Å²) in [4.78, 5) is 36.3. The van der Waals surface area contributed by atoms with Gasteiger partial charge in [0.25, 0.3) is 11.8 Å².